The molecule has 0 aliphatic carbocycles. The van der Waals surface area contributed by atoms with Crippen molar-refractivity contribution in [1.29, 1.82) is 0 Å². The molecule has 5 N–H and O–H groups in total. The fourth-order valence-electron chi connectivity index (χ4n) is 2.02. The van der Waals surface area contributed by atoms with Crippen LogP contribution in [0.15, 0.2) is 0 Å². The van der Waals surface area contributed by atoms with E-state index in [-0.39, 0.29) is 0 Å². The molecule has 0 aromatic carbocycles. The van der Waals surface area contributed by atoms with E-state index >= 15 is 0 Å². The van der Waals surface area contributed by atoms with Crippen LogP contribution in [0.1, 0.15) is 13.8 Å². The van der Waals surface area contributed by atoms with E-state index in [1.165, 1.54) is 0 Å². The number of hydrogen-bond acceptors (Lipinski definition) is 5. The summed E-state index contributed by atoms with van der Waals surface area (Å²) in [5.74, 6) is -0.927. The van der Waals surface area contributed by atoms with Gasteiger partial charge >= 0.3 is 6.03 Å². The Kier molecular flexibility index (Phi) is 5.71. The molecule has 0 aromatic heterocycles. The normalized spacial score (nSPS) is 21.5. The van der Waals surface area contributed by atoms with E-state index in [2.05, 4.69) is 16.0 Å². The summed E-state index contributed by atoms with van der Waals surface area (Å²) in [5.41, 5.74) is 5.31. The van der Waals surface area contributed by atoms with Crippen LogP contribution in [0.25, 0.3) is 0 Å². The first-order valence-corrected chi connectivity index (χ1v) is 6.31. The van der Waals surface area contributed by atoms with E-state index in [1.54, 1.807) is 18.7 Å². The molecule has 1 fully saturated rings. The van der Waals surface area contributed by atoms with Gasteiger partial charge < -0.3 is 16.4 Å². The van der Waals surface area contributed by atoms with Gasteiger partial charge in [-0.25, -0.2) is 4.79 Å². The van der Waals surface area contributed by atoms with Crippen molar-refractivity contribution in [2.45, 2.75) is 25.9 Å². The molecule has 1 rings (SSSR count). The Morgan fingerprint density at radius 2 is 2.16 bits per heavy atom. The van der Waals surface area contributed by atoms with Gasteiger partial charge in [-0.1, -0.05) is 0 Å². The predicted octanol–water partition coefficient (Wildman–Crippen LogP) is -2.02. The molecule has 8 nitrogen and oxygen atoms in total. The summed E-state index contributed by atoms with van der Waals surface area (Å²) in [7, 11) is 0. The summed E-state index contributed by atoms with van der Waals surface area (Å²) in [6, 6.07) is -1.67. The van der Waals surface area contributed by atoms with Crippen molar-refractivity contribution in [3.8, 4) is 0 Å². The summed E-state index contributed by atoms with van der Waals surface area (Å²) in [4.78, 5) is 36.2. The van der Waals surface area contributed by atoms with E-state index in [9.17, 15) is 14.4 Å². The molecule has 19 heavy (non-hydrogen) atoms. The van der Waals surface area contributed by atoms with Gasteiger partial charge in [0, 0.05) is 26.2 Å². The van der Waals surface area contributed by atoms with Crippen LogP contribution in [0.3, 0.4) is 0 Å². The highest BCUT2D eigenvalue weighted by atomic mass is 16.2. The molecule has 2 unspecified atom stereocenters. The number of hydrogen-bond donors (Lipinski definition) is 4. The monoisotopic (exact) mass is 271 g/mol. The largest absolute Gasteiger partial charge is 0.368 e. The van der Waals surface area contributed by atoms with Crippen LogP contribution in [-0.4, -0.2) is 61.0 Å². The van der Waals surface area contributed by atoms with E-state index in [0.29, 0.717) is 26.2 Å². The molecule has 0 bridgehead atoms. The van der Waals surface area contributed by atoms with Crippen molar-refractivity contribution < 1.29 is 14.4 Å². The molecular weight excluding hydrogens is 250 g/mol. The van der Waals surface area contributed by atoms with Crippen molar-refractivity contribution in [1.82, 2.24) is 20.9 Å². The second kappa shape index (κ2) is 7.05. The minimum atomic E-state index is -0.595. The quantitative estimate of drug-likeness (QED) is 0.471. The van der Waals surface area contributed by atoms with E-state index in [4.69, 9.17) is 5.73 Å². The van der Waals surface area contributed by atoms with Crippen molar-refractivity contribution >= 4 is 17.8 Å². The van der Waals surface area contributed by atoms with Gasteiger partial charge in [-0.15, -0.1) is 0 Å². The number of urea groups is 1. The molecule has 8 heteroatoms. The second-order valence-corrected chi connectivity index (χ2v) is 4.38. The third kappa shape index (κ3) is 4.18. The third-order valence-electron chi connectivity index (χ3n) is 3.06. The molecule has 108 valence electrons. The number of primary amides is 1. The van der Waals surface area contributed by atoms with Crippen LogP contribution in [0.5, 0.6) is 0 Å². The highest BCUT2D eigenvalue weighted by Gasteiger charge is 2.33. The molecule has 0 saturated carbocycles. The lowest BCUT2D eigenvalue weighted by Gasteiger charge is -2.37. The Hall–Kier alpha value is -1.67. The van der Waals surface area contributed by atoms with E-state index < -0.39 is 29.9 Å². The maximum absolute atomic E-state index is 11.9. The first kappa shape index (κ1) is 15.4. The maximum Gasteiger partial charge on any atom is 0.321 e. The molecular formula is C11H21N5O3. The zero-order chi connectivity index (χ0) is 14.4. The number of carbonyl (C=O) groups excluding carboxylic acids is 3. The SMILES string of the molecule is CCNC(=O)NC(=O)C(C)N1CCNCC1C(N)=O. The van der Waals surface area contributed by atoms with Gasteiger partial charge in [-0.3, -0.25) is 19.8 Å². The zero-order valence-corrected chi connectivity index (χ0v) is 11.2. The topological polar surface area (TPSA) is 117 Å². The number of nitrogens with two attached hydrogens (primary N) is 1. The Morgan fingerprint density at radius 1 is 1.47 bits per heavy atom. The molecule has 0 spiro atoms. The number of rotatable bonds is 4. The van der Waals surface area contributed by atoms with Crippen LogP contribution >= 0.6 is 0 Å². The van der Waals surface area contributed by atoms with Gasteiger partial charge in [0.25, 0.3) is 0 Å². The van der Waals surface area contributed by atoms with Crippen molar-refractivity contribution in [2.24, 2.45) is 5.73 Å². The van der Waals surface area contributed by atoms with Gasteiger partial charge in [0.2, 0.25) is 11.8 Å². The van der Waals surface area contributed by atoms with Crippen LogP contribution in [0, 0.1) is 0 Å². The van der Waals surface area contributed by atoms with Gasteiger partial charge in [0.15, 0.2) is 0 Å². The van der Waals surface area contributed by atoms with Gasteiger partial charge in [-0.05, 0) is 13.8 Å². The van der Waals surface area contributed by atoms with Gasteiger partial charge in [0.1, 0.15) is 6.04 Å². The second-order valence-electron chi connectivity index (χ2n) is 4.38. The van der Waals surface area contributed by atoms with Crippen LogP contribution in [0.4, 0.5) is 4.79 Å². The average Bonchev–Trinajstić information content (AvgIpc) is 2.37. The minimum Gasteiger partial charge on any atom is -0.368 e. The standard InChI is InChI=1S/C11H21N5O3/c1-3-14-11(19)15-10(18)7(2)16-5-4-13-6-8(16)9(12)17/h7-8,13H,3-6H2,1-2H3,(H2,12,17)(H2,14,15,18,19). The summed E-state index contributed by atoms with van der Waals surface area (Å²) in [5, 5.41) is 7.76. The minimum absolute atomic E-state index is 0.411. The summed E-state index contributed by atoms with van der Waals surface area (Å²) < 4.78 is 0. The van der Waals surface area contributed by atoms with Gasteiger partial charge in [0.05, 0.1) is 6.04 Å². The number of carbonyl (C=O) groups is 3. The third-order valence-corrected chi connectivity index (χ3v) is 3.06. The average molecular weight is 271 g/mol. The Morgan fingerprint density at radius 3 is 2.74 bits per heavy atom. The van der Waals surface area contributed by atoms with Crippen LogP contribution in [0.2, 0.25) is 0 Å². The summed E-state index contributed by atoms with van der Waals surface area (Å²) in [6.07, 6.45) is 0. The highest BCUT2D eigenvalue weighted by Crippen LogP contribution is 2.08. The highest BCUT2D eigenvalue weighted by molar-refractivity contribution is 5.97. The molecule has 1 saturated heterocycles. The van der Waals surface area contributed by atoms with Crippen LogP contribution in [-0.2, 0) is 9.59 Å². The van der Waals surface area contributed by atoms with Crippen molar-refractivity contribution in [3.05, 3.63) is 0 Å². The summed E-state index contributed by atoms with van der Waals surface area (Å²) >= 11 is 0. The Bertz CT molecular complexity index is 360. The number of imide groups is 1. The number of nitrogens with one attached hydrogen (secondary N) is 3. The molecule has 1 aliphatic rings. The molecule has 0 aromatic rings. The maximum atomic E-state index is 11.9. The fraction of sp³-hybridized carbons (Fsp3) is 0.727. The Labute approximate surface area is 112 Å². The lowest BCUT2D eigenvalue weighted by atomic mass is 10.1. The van der Waals surface area contributed by atoms with E-state index in [1.807, 2.05) is 0 Å². The number of piperazine rings is 1. The molecule has 1 aliphatic heterocycles. The number of nitrogens with zero attached hydrogens (tertiary/aromatic N) is 1. The first-order valence-electron chi connectivity index (χ1n) is 6.31. The van der Waals surface area contributed by atoms with Crippen molar-refractivity contribution in [2.75, 3.05) is 26.2 Å². The Balaban J connectivity index is 2.63. The van der Waals surface area contributed by atoms with Crippen LogP contribution < -0.4 is 21.7 Å². The summed E-state index contributed by atoms with van der Waals surface area (Å²) in [6.45, 7) is 5.45. The van der Waals surface area contributed by atoms with Gasteiger partial charge in [-0.2, -0.15) is 0 Å². The first-order chi connectivity index (χ1) is 8.97. The van der Waals surface area contributed by atoms with E-state index in [0.717, 1.165) is 0 Å². The van der Waals surface area contributed by atoms with Crippen molar-refractivity contribution in [3.63, 3.8) is 0 Å². The number of amides is 4. The fourth-order valence-corrected chi connectivity index (χ4v) is 2.02. The lowest BCUT2D eigenvalue weighted by Crippen LogP contribution is -2.62. The molecule has 2 atom stereocenters. The molecule has 4 amide bonds. The predicted molar refractivity (Wildman–Crippen MR) is 69.2 cm³/mol. The molecule has 1 heterocycles. The zero-order valence-electron chi connectivity index (χ0n) is 11.2. The molecule has 0 radical (unpaired) electrons. The lowest BCUT2D eigenvalue weighted by molar-refractivity contribution is -0.130. The smallest absolute Gasteiger partial charge is 0.321 e.